The summed E-state index contributed by atoms with van der Waals surface area (Å²) in [5.74, 6) is -0.0371. The lowest BCUT2D eigenvalue weighted by atomic mass is 9.85. The van der Waals surface area contributed by atoms with E-state index in [1.807, 2.05) is 26.8 Å². The molecule has 8 heteroatoms. The van der Waals surface area contributed by atoms with E-state index >= 15 is 0 Å². The number of rotatable bonds is 10. The van der Waals surface area contributed by atoms with Crippen molar-refractivity contribution < 1.29 is 19.1 Å². The average molecular weight is 509 g/mol. The standard InChI is InChI=1S/C16H32N4O4.C9H12.C3H8/c1-16(2,3)14(18-12(21)10-17-4)15(23)20(6)9-8-19(5)11-13(22)24-7;1-8(2)9-6-4-3-5-7-9;1-3-2/h14,17H,8-11H2,1-7H3,(H,18,21);3-8H,1-2H3;3H2,1-2H3. The van der Waals surface area contributed by atoms with Gasteiger partial charge < -0.3 is 20.3 Å². The third kappa shape index (κ3) is 17.1. The van der Waals surface area contributed by atoms with Crippen molar-refractivity contribution in [1.29, 1.82) is 0 Å². The number of carbonyl (C=O) groups excluding carboxylic acids is 3. The zero-order chi connectivity index (χ0) is 28.3. The lowest BCUT2D eigenvalue weighted by Crippen LogP contribution is -2.55. The van der Waals surface area contributed by atoms with Gasteiger partial charge >= 0.3 is 5.97 Å². The molecule has 0 saturated heterocycles. The minimum Gasteiger partial charge on any atom is -0.468 e. The number of nitrogens with one attached hydrogen (secondary N) is 2. The zero-order valence-electron chi connectivity index (χ0n) is 24.6. The normalized spacial score (nSPS) is 11.5. The van der Waals surface area contributed by atoms with Gasteiger partial charge in [0, 0.05) is 20.1 Å². The molecular weight excluding hydrogens is 456 g/mol. The Kier molecular flexibility index (Phi) is 19.5. The van der Waals surface area contributed by atoms with Crippen molar-refractivity contribution in [3.05, 3.63) is 35.9 Å². The zero-order valence-corrected chi connectivity index (χ0v) is 24.6. The number of nitrogens with zero attached hydrogens (tertiary/aromatic N) is 2. The number of amides is 2. The number of carbonyl (C=O) groups is 3. The molecule has 0 radical (unpaired) electrons. The highest BCUT2D eigenvalue weighted by Crippen LogP contribution is 2.21. The average Bonchev–Trinajstić information content (AvgIpc) is 2.81. The van der Waals surface area contributed by atoms with Crippen molar-refractivity contribution in [3.63, 3.8) is 0 Å². The van der Waals surface area contributed by atoms with Crippen LogP contribution in [0.25, 0.3) is 0 Å². The highest BCUT2D eigenvalue weighted by atomic mass is 16.5. The third-order valence-corrected chi connectivity index (χ3v) is 5.04. The number of esters is 1. The van der Waals surface area contributed by atoms with Crippen molar-refractivity contribution in [2.24, 2.45) is 5.41 Å². The van der Waals surface area contributed by atoms with Crippen molar-refractivity contribution in [2.45, 2.75) is 66.8 Å². The predicted molar refractivity (Wildman–Crippen MR) is 149 cm³/mol. The van der Waals surface area contributed by atoms with Crippen LogP contribution in [0.15, 0.2) is 30.3 Å². The van der Waals surface area contributed by atoms with E-state index in [0.29, 0.717) is 19.0 Å². The van der Waals surface area contributed by atoms with E-state index in [1.165, 1.54) is 19.1 Å². The number of likely N-dealkylation sites (N-methyl/N-ethyl adjacent to an activating group) is 3. The van der Waals surface area contributed by atoms with Gasteiger partial charge in [-0.05, 0) is 31.0 Å². The van der Waals surface area contributed by atoms with E-state index in [9.17, 15) is 14.4 Å². The van der Waals surface area contributed by atoms with Crippen molar-refractivity contribution in [1.82, 2.24) is 20.4 Å². The van der Waals surface area contributed by atoms with Gasteiger partial charge in [-0.2, -0.15) is 0 Å². The maximum Gasteiger partial charge on any atom is 0.319 e. The Morgan fingerprint density at radius 3 is 1.92 bits per heavy atom. The van der Waals surface area contributed by atoms with Crippen LogP contribution in [-0.4, -0.2) is 88.1 Å². The van der Waals surface area contributed by atoms with Crippen LogP contribution in [0.5, 0.6) is 0 Å². The second kappa shape index (κ2) is 19.7. The molecule has 0 aliphatic carbocycles. The number of hydrogen-bond donors (Lipinski definition) is 2. The summed E-state index contributed by atoms with van der Waals surface area (Å²) >= 11 is 0. The van der Waals surface area contributed by atoms with Crippen molar-refractivity contribution >= 4 is 17.8 Å². The summed E-state index contributed by atoms with van der Waals surface area (Å²) in [7, 11) is 6.49. The summed E-state index contributed by atoms with van der Waals surface area (Å²) in [4.78, 5) is 39.1. The first-order valence-corrected chi connectivity index (χ1v) is 12.7. The summed E-state index contributed by atoms with van der Waals surface area (Å²) in [6.07, 6.45) is 1.25. The molecule has 208 valence electrons. The van der Waals surface area contributed by atoms with Gasteiger partial charge in [0.1, 0.15) is 6.04 Å². The van der Waals surface area contributed by atoms with Gasteiger partial charge in [0.05, 0.1) is 20.2 Å². The maximum absolute atomic E-state index is 12.7. The predicted octanol–water partition coefficient (Wildman–Crippen LogP) is 3.53. The number of ether oxygens (including phenoxy) is 1. The molecule has 0 aliphatic rings. The minimum absolute atomic E-state index is 0.154. The molecular formula is C28H52N4O4. The molecule has 1 atom stereocenters. The fourth-order valence-electron chi connectivity index (χ4n) is 2.87. The number of methoxy groups -OCH3 is 1. The van der Waals surface area contributed by atoms with E-state index in [1.54, 1.807) is 30.9 Å². The number of benzene rings is 1. The molecule has 0 heterocycles. The molecule has 1 unspecified atom stereocenters. The Hall–Kier alpha value is -2.45. The molecule has 0 fully saturated rings. The Morgan fingerprint density at radius 1 is 1.00 bits per heavy atom. The van der Waals surface area contributed by atoms with Crippen LogP contribution in [0, 0.1) is 5.41 Å². The molecule has 8 nitrogen and oxygen atoms in total. The molecule has 0 aromatic heterocycles. The molecule has 0 spiro atoms. The lowest BCUT2D eigenvalue weighted by molar-refractivity contribution is -0.141. The monoisotopic (exact) mass is 508 g/mol. The summed E-state index contributed by atoms with van der Waals surface area (Å²) < 4.78 is 4.61. The summed E-state index contributed by atoms with van der Waals surface area (Å²) in [5.41, 5.74) is 1.00. The fourth-order valence-corrected chi connectivity index (χ4v) is 2.87. The second-order valence-electron chi connectivity index (χ2n) is 10.2. The smallest absolute Gasteiger partial charge is 0.319 e. The van der Waals surface area contributed by atoms with E-state index in [0.717, 1.165) is 0 Å². The van der Waals surface area contributed by atoms with Gasteiger partial charge in [0.25, 0.3) is 0 Å². The molecule has 1 rings (SSSR count). The van der Waals surface area contributed by atoms with E-state index in [-0.39, 0.29) is 30.9 Å². The first-order valence-electron chi connectivity index (χ1n) is 12.7. The molecule has 36 heavy (non-hydrogen) atoms. The topological polar surface area (TPSA) is 91.0 Å². The highest BCUT2D eigenvalue weighted by Gasteiger charge is 2.34. The molecule has 2 amide bonds. The van der Waals surface area contributed by atoms with Crippen LogP contribution in [-0.2, 0) is 19.1 Å². The van der Waals surface area contributed by atoms with Crippen LogP contribution in [0.4, 0.5) is 0 Å². The molecule has 0 aliphatic heterocycles. The summed E-state index contributed by atoms with van der Waals surface area (Å²) in [6.45, 7) is 15.7. The second-order valence-corrected chi connectivity index (χ2v) is 10.2. The minimum atomic E-state index is -0.616. The van der Waals surface area contributed by atoms with Crippen molar-refractivity contribution in [3.8, 4) is 0 Å². The van der Waals surface area contributed by atoms with Crippen LogP contribution < -0.4 is 10.6 Å². The van der Waals surface area contributed by atoms with Gasteiger partial charge in [0.2, 0.25) is 11.8 Å². The lowest BCUT2D eigenvalue weighted by Gasteiger charge is -2.34. The first-order chi connectivity index (χ1) is 16.7. The van der Waals surface area contributed by atoms with Crippen LogP contribution >= 0.6 is 0 Å². The van der Waals surface area contributed by atoms with Crippen molar-refractivity contribution in [2.75, 3.05) is 54.4 Å². The Bertz CT molecular complexity index is 733. The SMILES string of the molecule is CC(C)c1ccccc1.CCC.CNCC(=O)NC(C(=O)N(C)CCN(C)CC(=O)OC)C(C)(C)C. The maximum atomic E-state index is 12.7. The summed E-state index contributed by atoms with van der Waals surface area (Å²) in [6, 6.07) is 9.90. The van der Waals surface area contributed by atoms with Crippen LogP contribution in [0.2, 0.25) is 0 Å². The quantitative estimate of drug-likeness (QED) is 0.470. The van der Waals surface area contributed by atoms with Gasteiger partial charge in [0.15, 0.2) is 0 Å². The van der Waals surface area contributed by atoms with E-state index < -0.39 is 11.5 Å². The van der Waals surface area contributed by atoms with Crippen LogP contribution in [0.3, 0.4) is 0 Å². The van der Waals surface area contributed by atoms with Crippen LogP contribution in [0.1, 0.15) is 66.4 Å². The van der Waals surface area contributed by atoms with E-state index in [4.69, 9.17) is 0 Å². The Morgan fingerprint density at radius 2 is 1.53 bits per heavy atom. The van der Waals surface area contributed by atoms with Gasteiger partial charge in [-0.3, -0.25) is 19.3 Å². The van der Waals surface area contributed by atoms with Gasteiger partial charge in [-0.1, -0.05) is 85.2 Å². The van der Waals surface area contributed by atoms with Gasteiger partial charge in [-0.25, -0.2) is 0 Å². The molecule has 0 bridgehead atoms. The first kappa shape index (κ1) is 35.7. The molecule has 1 aromatic carbocycles. The molecule has 2 N–H and O–H groups in total. The van der Waals surface area contributed by atoms with Gasteiger partial charge in [-0.15, -0.1) is 0 Å². The Balaban J connectivity index is 0. The largest absolute Gasteiger partial charge is 0.468 e. The fraction of sp³-hybridized carbons (Fsp3) is 0.679. The third-order valence-electron chi connectivity index (χ3n) is 5.04. The number of hydrogen-bond acceptors (Lipinski definition) is 6. The highest BCUT2D eigenvalue weighted by molar-refractivity contribution is 5.88. The summed E-state index contributed by atoms with van der Waals surface area (Å²) in [5, 5.41) is 5.56. The Labute approximate surface area is 220 Å². The molecule has 1 aromatic rings. The molecule has 0 saturated carbocycles. The van der Waals surface area contributed by atoms with E-state index in [2.05, 4.69) is 67.3 Å².